The molecular formula is C8H4BrF3N2. The van der Waals surface area contributed by atoms with E-state index in [0.717, 1.165) is 12.1 Å². The SMILES string of the molecule is N#Cc1ccc(C(F)(F)F)c(N)c1Br. The predicted octanol–water partition coefficient (Wildman–Crippen LogP) is 2.92. The predicted molar refractivity (Wildman–Crippen MR) is 48.3 cm³/mol. The minimum atomic E-state index is -4.50. The number of nitrogens with zero attached hydrogens (tertiary/aromatic N) is 1. The summed E-state index contributed by atoms with van der Waals surface area (Å²) in [4.78, 5) is 0. The quantitative estimate of drug-likeness (QED) is 0.733. The van der Waals surface area contributed by atoms with Crippen LogP contribution in [0.25, 0.3) is 0 Å². The largest absolute Gasteiger partial charge is 0.418 e. The van der Waals surface area contributed by atoms with Crippen LogP contribution >= 0.6 is 15.9 Å². The van der Waals surface area contributed by atoms with E-state index in [9.17, 15) is 13.2 Å². The molecule has 2 nitrogen and oxygen atoms in total. The molecule has 14 heavy (non-hydrogen) atoms. The Morgan fingerprint density at radius 1 is 1.36 bits per heavy atom. The molecule has 1 aromatic rings. The van der Waals surface area contributed by atoms with Crippen molar-refractivity contribution in [1.82, 2.24) is 0 Å². The molecule has 0 aliphatic carbocycles. The van der Waals surface area contributed by atoms with Gasteiger partial charge in [-0.15, -0.1) is 0 Å². The van der Waals surface area contributed by atoms with Crippen LogP contribution in [0.1, 0.15) is 11.1 Å². The molecule has 1 rings (SSSR count). The lowest BCUT2D eigenvalue weighted by Gasteiger charge is -2.11. The van der Waals surface area contributed by atoms with E-state index in [1.807, 2.05) is 0 Å². The second kappa shape index (κ2) is 3.50. The molecular weight excluding hydrogens is 261 g/mol. The summed E-state index contributed by atoms with van der Waals surface area (Å²) in [6.07, 6.45) is -4.50. The van der Waals surface area contributed by atoms with Gasteiger partial charge in [0.15, 0.2) is 0 Å². The molecule has 0 aromatic heterocycles. The van der Waals surface area contributed by atoms with Gasteiger partial charge in [-0.2, -0.15) is 18.4 Å². The number of nitrogens with two attached hydrogens (primary N) is 1. The number of halogens is 4. The van der Waals surface area contributed by atoms with Crippen molar-refractivity contribution in [2.75, 3.05) is 5.73 Å². The molecule has 0 heterocycles. The van der Waals surface area contributed by atoms with Crippen LogP contribution in [-0.4, -0.2) is 0 Å². The molecule has 0 spiro atoms. The van der Waals surface area contributed by atoms with Crippen LogP contribution in [0.15, 0.2) is 16.6 Å². The highest BCUT2D eigenvalue weighted by atomic mass is 79.9. The summed E-state index contributed by atoms with van der Waals surface area (Å²) in [7, 11) is 0. The highest BCUT2D eigenvalue weighted by Crippen LogP contribution is 2.38. The maximum absolute atomic E-state index is 12.3. The zero-order valence-electron chi connectivity index (χ0n) is 6.69. The second-order valence-corrected chi connectivity index (χ2v) is 3.29. The van der Waals surface area contributed by atoms with E-state index < -0.39 is 17.4 Å². The summed E-state index contributed by atoms with van der Waals surface area (Å²) >= 11 is 2.84. The number of hydrogen-bond acceptors (Lipinski definition) is 2. The Bertz CT molecular complexity index is 406. The van der Waals surface area contributed by atoms with Gasteiger partial charge in [0.1, 0.15) is 6.07 Å². The lowest BCUT2D eigenvalue weighted by atomic mass is 10.1. The first-order valence-electron chi connectivity index (χ1n) is 3.43. The normalized spacial score (nSPS) is 11.1. The number of hydrogen-bond donors (Lipinski definition) is 1. The van der Waals surface area contributed by atoms with Crippen molar-refractivity contribution in [3.05, 3.63) is 27.7 Å². The third kappa shape index (κ3) is 1.82. The van der Waals surface area contributed by atoms with Crippen LogP contribution < -0.4 is 5.73 Å². The summed E-state index contributed by atoms with van der Waals surface area (Å²) in [5.74, 6) is 0. The Hall–Kier alpha value is -1.22. The molecule has 0 saturated heterocycles. The molecule has 0 fully saturated rings. The van der Waals surface area contributed by atoms with Crippen molar-refractivity contribution >= 4 is 21.6 Å². The van der Waals surface area contributed by atoms with E-state index in [1.165, 1.54) is 0 Å². The lowest BCUT2D eigenvalue weighted by Crippen LogP contribution is -2.09. The van der Waals surface area contributed by atoms with Gasteiger partial charge in [0.05, 0.1) is 21.3 Å². The molecule has 0 radical (unpaired) electrons. The van der Waals surface area contributed by atoms with E-state index in [4.69, 9.17) is 11.0 Å². The maximum Gasteiger partial charge on any atom is 0.418 e. The molecule has 0 amide bonds. The van der Waals surface area contributed by atoms with Crippen molar-refractivity contribution in [1.29, 1.82) is 5.26 Å². The fourth-order valence-corrected chi connectivity index (χ4v) is 1.36. The molecule has 1 aromatic carbocycles. The Balaban J connectivity index is 3.41. The molecule has 2 N–H and O–H groups in total. The summed E-state index contributed by atoms with van der Waals surface area (Å²) in [5, 5.41) is 8.52. The fraction of sp³-hybridized carbons (Fsp3) is 0.125. The average Bonchev–Trinajstić information content (AvgIpc) is 2.07. The molecule has 74 valence electrons. The molecule has 0 aliphatic rings. The van der Waals surface area contributed by atoms with Gasteiger partial charge in [0, 0.05) is 0 Å². The van der Waals surface area contributed by atoms with Gasteiger partial charge >= 0.3 is 6.18 Å². The molecule has 0 unspecified atom stereocenters. The summed E-state index contributed by atoms with van der Waals surface area (Å²) in [6, 6.07) is 3.58. The summed E-state index contributed by atoms with van der Waals surface area (Å²) in [6.45, 7) is 0. The van der Waals surface area contributed by atoms with Gasteiger partial charge in [-0.3, -0.25) is 0 Å². The monoisotopic (exact) mass is 264 g/mol. The van der Waals surface area contributed by atoms with Gasteiger partial charge < -0.3 is 5.73 Å². The average molecular weight is 265 g/mol. The number of nitriles is 1. The molecule has 0 saturated carbocycles. The number of alkyl halides is 3. The van der Waals surface area contributed by atoms with E-state index in [-0.39, 0.29) is 10.0 Å². The molecule has 0 atom stereocenters. The highest BCUT2D eigenvalue weighted by Gasteiger charge is 2.33. The van der Waals surface area contributed by atoms with Crippen molar-refractivity contribution in [2.24, 2.45) is 0 Å². The van der Waals surface area contributed by atoms with Crippen LogP contribution in [0.4, 0.5) is 18.9 Å². The Morgan fingerprint density at radius 3 is 2.36 bits per heavy atom. The lowest BCUT2D eigenvalue weighted by molar-refractivity contribution is -0.136. The maximum atomic E-state index is 12.3. The number of nitrogen functional groups attached to an aromatic ring is 1. The smallest absolute Gasteiger partial charge is 0.397 e. The zero-order chi connectivity index (χ0) is 10.9. The summed E-state index contributed by atoms with van der Waals surface area (Å²) in [5.41, 5.74) is 3.90. The van der Waals surface area contributed by atoms with Gasteiger partial charge in [-0.25, -0.2) is 0 Å². The van der Waals surface area contributed by atoms with Gasteiger partial charge in [-0.05, 0) is 28.1 Å². The minimum Gasteiger partial charge on any atom is -0.397 e. The Labute approximate surface area is 86.3 Å². The van der Waals surface area contributed by atoms with Crippen molar-refractivity contribution in [3.8, 4) is 6.07 Å². The minimum absolute atomic E-state index is 0.0187. The van der Waals surface area contributed by atoms with Gasteiger partial charge in [-0.1, -0.05) is 0 Å². The molecule has 0 bridgehead atoms. The van der Waals surface area contributed by atoms with Crippen LogP contribution in [0.3, 0.4) is 0 Å². The fourth-order valence-electron chi connectivity index (χ4n) is 0.926. The standard InChI is InChI=1S/C8H4BrF3N2/c9-6-4(3-13)1-2-5(7(6)14)8(10,11)12/h1-2H,14H2. The number of rotatable bonds is 0. The van der Waals surface area contributed by atoms with Gasteiger partial charge in [0.2, 0.25) is 0 Å². The summed E-state index contributed by atoms with van der Waals surface area (Å²) < 4.78 is 36.8. The highest BCUT2D eigenvalue weighted by molar-refractivity contribution is 9.10. The van der Waals surface area contributed by atoms with E-state index in [1.54, 1.807) is 6.07 Å². The third-order valence-electron chi connectivity index (χ3n) is 1.61. The van der Waals surface area contributed by atoms with Gasteiger partial charge in [0.25, 0.3) is 0 Å². The first kappa shape index (κ1) is 10.9. The van der Waals surface area contributed by atoms with Crippen LogP contribution in [-0.2, 0) is 6.18 Å². The number of benzene rings is 1. The van der Waals surface area contributed by atoms with Crippen LogP contribution in [0.5, 0.6) is 0 Å². The first-order valence-corrected chi connectivity index (χ1v) is 4.22. The van der Waals surface area contributed by atoms with E-state index >= 15 is 0 Å². The van der Waals surface area contributed by atoms with Crippen molar-refractivity contribution < 1.29 is 13.2 Å². The zero-order valence-corrected chi connectivity index (χ0v) is 8.28. The molecule has 0 aliphatic heterocycles. The number of anilines is 1. The second-order valence-electron chi connectivity index (χ2n) is 2.50. The first-order chi connectivity index (χ1) is 6.38. The topological polar surface area (TPSA) is 49.8 Å². The van der Waals surface area contributed by atoms with Crippen LogP contribution in [0.2, 0.25) is 0 Å². The molecule has 6 heteroatoms. The third-order valence-corrected chi connectivity index (χ3v) is 2.46. The Morgan fingerprint density at radius 2 is 1.93 bits per heavy atom. The van der Waals surface area contributed by atoms with E-state index in [0.29, 0.717) is 0 Å². The van der Waals surface area contributed by atoms with Crippen molar-refractivity contribution in [3.63, 3.8) is 0 Å². The van der Waals surface area contributed by atoms with Crippen LogP contribution in [0, 0.1) is 11.3 Å². The van der Waals surface area contributed by atoms with E-state index in [2.05, 4.69) is 15.9 Å². The Kier molecular flexibility index (Phi) is 2.71. The van der Waals surface area contributed by atoms with Crippen molar-refractivity contribution in [2.45, 2.75) is 6.18 Å².